The number of hydrogen-bond acceptors (Lipinski definition) is 3. The monoisotopic (exact) mass is 318 g/mol. The van der Waals surface area contributed by atoms with E-state index in [0.29, 0.717) is 11.5 Å². The molecule has 3 N–H and O–H groups in total. The number of anilines is 1. The highest BCUT2D eigenvalue weighted by atomic mass is 16.2. The molecule has 1 amide bonds. The lowest BCUT2D eigenvalue weighted by molar-refractivity contribution is -0.498. The zero-order valence-corrected chi connectivity index (χ0v) is 12.6. The van der Waals surface area contributed by atoms with E-state index in [1.165, 1.54) is 6.33 Å². The molecule has 0 saturated heterocycles. The topological polar surface area (TPSA) is 88.9 Å². The first-order valence-corrected chi connectivity index (χ1v) is 7.39. The Labute approximate surface area is 137 Å². The molecule has 0 aliphatic carbocycles. The Morgan fingerprint density at radius 3 is 2.83 bits per heavy atom. The van der Waals surface area contributed by atoms with Gasteiger partial charge in [-0.3, -0.25) is 20.1 Å². The molecule has 0 aliphatic rings. The van der Waals surface area contributed by atoms with Gasteiger partial charge in [-0.2, -0.15) is 4.40 Å². The van der Waals surface area contributed by atoms with Crippen LogP contribution in [-0.4, -0.2) is 20.9 Å². The van der Waals surface area contributed by atoms with Crippen LogP contribution in [0.4, 0.5) is 5.82 Å². The quantitative estimate of drug-likeness (QED) is 0.558. The van der Waals surface area contributed by atoms with Crippen LogP contribution in [0.2, 0.25) is 0 Å². The van der Waals surface area contributed by atoms with E-state index < -0.39 is 0 Å². The van der Waals surface area contributed by atoms with Crippen LogP contribution < -0.4 is 14.7 Å². The summed E-state index contributed by atoms with van der Waals surface area (Å²) in [6.07, 6.45) is 8.56. The molecule has 4 aromatic heterocycles. The largest absolute Gasteiger partial charge is 0.302 e. The number of aromatic nitrogens is 5. The van der Waals surface area contributed by atoms with Crippen LogP contribution in [0.15, 0.2) is 67.5 Å². The molecule has 0 saturated carbocycles. The van der Waals surface area contributed by atoms with Crippen LogP contribution in [0, 0.1) is 0 Å². The number of nitrogens with one attached hydrogen (secondary N) is 3. The number of fused-ring (bicyclic) bond motifs is 1. The molecule has 7 heteroatoms. The second-order valence-electron chi connectivity index (χ2n) is 5.14. The number of amides is 1. The first kappa shape index (κ1) is 14.0. The van der Waals surface area contributed by atoms with E-state index in [0.717, 1.165) is 16.9 Å². The maximum Gasteiger partial charge on any atom is 0.302 e. The van der Waals surface area contributed by atoms with Crippen molar-refractivity contribution in [2.24, 2.45) is 0 Å². The SMILES string of the molecule is O=C(Nc1cc[nH+]cn1)c1[nH]c(-c2ccncc2)[n+]2ccccc12. The van der Waals surface area contributed by atoms with Gasteiger partial charge in [-0.05, 0) is 29.2 Å². The zero-order valence-electron chi connectivity index (χ0n) is 12.6. The first-order chi connectivity index (χ1) is 11.8. The van der Waals surface area contributed by atoms with Crippen LogP contribution in [0.25, 0.3) is 16.9 Å². The van der Waals surface area contributed by atoms with Crippen LogP contribution in [0.3, 0.4) is 0 Å². The fourth-order valence-electron chi connectivity index (χ4n) is 2.55. The first-order valence-electron chi connectivity index (χ1n) is 7.39. The molecule has 0 fully saturated rings. The van der Waals surface area contributed by atoms with E-state index in [-0.39, 0.29) is 5.91 Å². The number of carbonyl (C=O) groups excluding carboxylic acids is 1. The average Bonchev–Trinajstić information content (AvgIpc) is 3.03. The number of rotatable bonds is 3. The number of pyridine rings is 2. The minimum atomic E-state index is -0.252. The summed E-state index contributed by atoms with van der Waals surface area (Å²) in [5.74, 6) is 1.04. The molecule has 7 nitrogen and oxygen atoms in total. The molecule has 0 bridgehead atoms. The Hall–Kier alpha value is -3.61. The van der Waals surface area contributed by atoms with Crippen LogP contribution in [0.1, 0.15) is 10.5 Å². The predicted molar refractivity (Wildman–Crippen MR) is 85.9 cm³/mol. The lowest BCUT2D eigenvalue weighted by Gasteiger charge is -1.95. The summed E-state index contributed by atoms with van der Waals surface area (Å²) in [5, 5.41) is 2.79. The van der Waals surface area contributed by atoms with Gasteiger partial charge in [0.25, 0.3) is 18.0 Å². The lowest BCUT2D eigenvalue weighted by Crippen LogP contribution is -2.22. The molecule has 0 radical (unpaired) electrons. The summed E-state index contributed by atoms with van der Waals surface area (Å²) >= 11 is 0. The van der Waals surface area contributed by atoms with E-state index >= 15 is 0 Å². The minimum absolute atomic E-state index is 0.252. The molecular weight excluding hydrogens is 304 g/mol. The standard InChI is InChI=1S/C17H12N6O/c24-17(21-14-6-9-19-11-20-14)15-13-3-1-2-10-23(13)16(22-15)12-4-7-18-8-5-12/h1-11H,(H,19,20,21,24)/p+2. The van der Waals surface area contributed by atoms with Crippen LogP contribution in [-0.2, 0) is 0 Å². The van der Waals surface area contributed by atoms with Gasteiger partial charge in [0, 0.05) is 18.5 Å². The molecule has 4 rings (SSSR count). The highest BCUT2D eigenvalue weighted by Gasteiger charge is 2.25. The molecule has 116 valence electrons. The third-order valence-corrected chi connectivity index (χ3v) is 3.64. The van der Waals surface area contributed by atoms with Crippen molar-refractivity contribution in [3.63, 3.8) is 0 Å². The fraction of sp³-hybridized carbons (Fsp3) is 0. The number of imidazole rings is 1. The van der Waals surface area contributed by atoms with Crippen molar-refractivity contribution >= 4 is 17.2 Å². The van der Waals surface area contributed by atoms with Crippen molar-refractivity contribution < 1.29 is 14.2 Å². The molecule has 0 aromatic carbocycles. The van der Waals surface area contributed by atoms with Crippen molar-refractivity contribution in [2.75, 3.05) is 5.32 Å². The van der Waals surface area contributed by atoms with Crippen molar-refractivity contribution in [3.8, 4) is 11.4 Å². The number of aromatic amines is 2. The second kappa shape index (κ2) is 5.88. The second-order valence-corrected chi connectivity index (χ2v) is 5.14. The average molecular weight is 318 g/mol. The normalized spacial score (nSPS) is 10.7. The number of hydrogen-bond donors (Lipinski definition) is 2. The van der Waals surface area contributed by atoms with E-state index in [1.54, 1.807) is 24.7 Å². The molecule has 4 aromatic rings. The van der Waals surface area contributed by atoms with Crippen molar-refractivity contribution in [1.29, 1.82) is 0 Å². The maximum atomic E-state index is 12.7. The fourth-order valence-corrected chi connectivity index (χ4v) is 2.55. The molecule has 0 atom stereocenters. The molecule has 0 unspecified atom stereocenters. The maximum absolute atomic E-state index is 12.7. The van der Waals surface area contributed by atoms with Gasteiger partial charge < -0.3 is 0 Å². The van der Waals surface area contributed by atoms with Crippen molar-refractivity contribution in [3.05, 3.63) is 73.2 Å². The van der Waals surface area contributed by atoms with Crippen molar-refractivity contribution in [2.45, 2.75) is 0 Å². The van der Waals surface area contributed by atoms with Gasteiger partial charge in [0.05, 0.1) is 18.0 Å². The summed E-state index contributed by atoms with van der Waals surface area (Å²) in [6.45, 7) is 0. The lowest BCUT2D eigenvalue weighted by atomic mass is 10.2. The van der Waals surface area contributed by atoms with Gasteiger partial charge in [0.2, 0.25) is 5.69 Å². The molecule has 0 spiro atoms. The van der Waals surface area contributed by atoms with E-state index in [2.05, 4.69) is 25.3 Å². The van der Waals surface area contributed by atoms with Gasteiger partial charge in [-0.1, -0.05) is 6.07 Å². The number of H-pyrrole nitrogens is 2. The zero-order chi connectivity index (χ0) is 16.4. The molecule has 0 aliphatic heterocycles. The smallest absolute Gasteiger partial charge is 0.282 e. The summed E-state index contributed by atoms with van der Waals surface area (Å²) in [4.78, 5) is 26.8. The van der Waals surface area contributed by atoms with E-state index in [1.807, 2.05) is 40.9 Å². The third kappa shape index (κ3) is 2.48. The van der Waals surface area contributed by atoms with Crippen molar-refractivity contribution in [1.82, 2.24) is 15.0 Å². The van der Waals surface area contributed by atoms with Crippen LogP contribution >= 0.6 is 0 Å². The Kier molecular flexibility index (Phi) is 3.43. The highest BCUT2D eigenvalue weighted by Crippen LogP contribution is 2.17. The van der Waals surface area contributed by atoms with Gasteiger partial charge >= 0.3 is 5.91 Å². The van der Waals surface area contributed by atoms with Gasteiger partial charge in [-0.25, -0.2) is 4.98 Å². The van der Waals surface area contributed by atoms with Gasteiger partial charge in [0.15, 0.2) is 5.52 Å². The summed E-state index contributed by atoms with van der Waals surface area (Å²) < 4.78 is 1.94. The Balaban J connectivity index is 1.80. The summed E-state index contributed by atoms with van der Waals surface area (Å²) in [5.41, 5.74) is 2.19. The predicted octanol–water partition coefficient (Wildman–Crippen LogP) is 1.28. The highest BCUT2D eigenvalue weighted by molar-refractivity contribution is 6.06. The molecule has 4 heterocycles. The number of carbonyl (C=O) groups is 1. The Morgan fingerprint density at radius 2 is 2.04 bits per heavy atom. The molecular formula is C17H14N6O+2. The number of nitrogens with zero attached hydrogens (tertiary/aromatic N) is 3. The summed E-state index contributed by atoms with van der Waals surface area (Å²) in [6, 6.07) is 11.2. The van der Waals surface area contributed by atoms with E-state index in [4.69, 9.17) is 0 Å². The van der Waals surface area contributed by atoms with Crippen LogP contribution in [0.5, 0.6) is 0 Å². The Bertz CT molecular complexity index is 997. The van der Waals surface area contributed by atoms with E-state index in [9.17, 15) is 4.79 Å². The van der Waals surface area contributed by atoms with Gasteiger partial charge in [-0.15, -0.1) is 0 Å². The Morgan fingerprint density at radius 1 is 1.17 bits per heavy atom. The van der Waals surface area contributed by atoms with Gasteiger partial charge in [0.1, 0.15) is 0 Å². The summed E-state index contributed by atoms with van der Waals surface area (Å²) in [7, 11) is 0. The third-order valence-electron chi connectivity index (χ3n) is 3.64. The molecule has 24 heavy (non-hydrogen) atoms. The minimum Gasteiger partial charge on any atom is -0.282 e.